The lowest BCUT2D eigenvalue weighted by molar-refractivity contribution is -0.142. The minimum Gasteiger partial charge on any atom is -0.507 e. The minimum absolute atomic E-state index is 0.00557. The first-order chi connectivity index (χ1) is 32.5. The van der Waals surface area contributed by atoms with Crippen LogP contribution in [0.4, 0.5) is 0 Å². The topological polar surface area (TPSA) is 223 Å². The Hall–Kier alpha value is -7.48. The van der Waals surface area contributed by atoms with Crippen LogP contribution in [-0.4, -0.2) is 93.4 Å². The van der Waals surface area contributed by atoms with E-state index < -0.39 is 47.0 Å². The molecular formula is C54H58N4O10. The number of esters is 2. The zero-order valence-electron chi connectivity index (χ0n) is 39.3. The van der Waals surface area contributed by atoms with Gasteiger partial charge in [-0.2, -0.15) is 0 Å². The summed E-state index contributed by atoms with van der Waals surface area (Å²) in [5.74, 6) is -4.66. The second kappa shape index (κ2) is 18.7. The van der Waals surface area contributed by atoms with Crippen molar-refractivity contribution in [2.75, 3.05) is 14.2 Å². The third-order valence-corrected chi connectivity index (χ3v) is 13.6. The molecule has 2 aliphatic heterocycles. The molecule has 0 bridgehead atoms. The van der Waals surface area contributed by atoms with Gasteiger partial charge in [0.1, 0.15) is 11.5 Å². The smallest absolute Gasteiger partial charge is 0.330 e. The van der Waals surface area contributed by atoms with Crippen molar-refractivity contribution in [3.63, 3.8) is 0 Å². The van der Waals surface area contributed by atoms with Gasteiger partial charge < -0.3 is 50.7 Å². The molecular weight excluding hydrogens is 865 g/mol. The van der Waals surface area contributed by atoms with Gasteiger partial charge in [-0.1, -0.05) is 88.4 Å². The van der Waals surface area contributed by atoms with Crippen molar-refractivity contribution in [1.29, 1.82) is 0 Å². The van der Waals surface area contributed by atoms with Crippen LogP contribution >= 0.6 is 0 Å². The number of hydrogen-bond acceptors (Lipinski definition) is 14. The molecule has 4 aliphatic rings. The molecule has 354 valence electrons. The highest BCUT2D eigenvalue weighted by molar-refractivity contribution is 6.15. The van der Waals surface area contributed by atoms with E-state index in [0.29, 0.717) is 33.0 Å². The van der Waals surface area contributed by atoms with E-state index >= 15 is 0 Å². The van der Waals surface area contributed by atoms with Crippen LogP contribution in [0, 0.1) is 25.7 Å². The van der Waals surface area contributed by atoms with E-state index in [1.54, 1.807) is 26.0 Å². The van der Waals surface area contributed by atoms with Crippen LogP contribution in [0.2, 0.25) is 0 Å². The van der Waals surface area contributed by atoms with Gasteiger partial charge in [0.25, 0.3) is 0 Å². The number of ether oxygens (including phenoxy) is 2. The number of methoxy groups -OCH3 is 2. The van der Waals surface area contributed by atoms with Gasteiger partial charge in [0.15, 0.2) is 35.1 Å². The second-order valence-corrected chi connectivity index (χ2v) is 18.5. The van der Waals surface area contributed by atoms with Crippen molar-refractivity contribution >= 4 is 45.9 Å². The standard InChI is InChI=1S/C54H58N4O10/c1-25(2)41-33-17-27(5)43(49(61)45(33)35(47(59)51(41)63)23-57-39(53(65)67-7)19-29-21-55-37-15-11-9-13-31(29)37)44-28(6)18-34-42(26(3)4)52(64)48(60)36(46(34)50(44)62)24-58-40(54(66)68-8)20-30-22-56-38-16-12-10-14-32(30)38/h9-18,21-26,31-32,37-40,55-56,59-64H,19-20H2,1-8H3/t31?,32?,37?,38?,39-,40-/m0/s1. The maximum absolute atomic E-state index is 13.3. The van der Waals surface area contributed by atoms with Crippen LogP contribution in [-0.2, 0) is 19.1 Å². The van der Waals surface area contributed by atoms with E-state index in [4.69, 9.17) is 9.47 Å². The third-order valence-electron chi connectivity index (χ3n) is 13.6. The largest absolute Gasteiger partial charge is 0.507 e. The summed E-state index contributed by atoms with van der Waals surface area (Å²) in [6, 6.07) is 1.44. The monoisotopic (exact) mass is 922 g/mol. The Kier molecular flexibility index (Phi) is 12.9. The molecule has 0 radical (unpaired) electrons. The van der Waals surface area contributed by atoms with Crippen molar-refractivity contribution in [1.82, 2.24) is 10.6 Å². The van der Waals surface area contributed by atoms with Crippen LogP contribution in [0.25, 0.3) is 32.7 Å². The van der Waals surface area contributed by atoms with Crippen molar-refractivity contribution in [3.8, 4) is 45.6 Å². The van der Waals surface area contributed by atoms with E-state index in [0.717, 1.165) is 11.1 Å². The van der Waals surface area contributed by atoms with Gasteiger partial charge in [0, 0.05) is 81.3 Å². The maximum Gasteiger partial charge on any atom is 0.330 e. The van der Waals surface area contributed by atoms with Crippen molar-refractivity contribution in [2.24, 2.45) is 21.8 Å². The summed E-state index contributed by atoms with van der Waals surface area (Å²) < 4.78 is 10.3. The van der Waals surface area contributed by atoms with Crippen LogP contribution in [0.5, 0.6) is 34.5 Å². The quantitative estimate of drug-likeness (QED) is 0.0359. The van der Waals surface area contributed by atoms with Gasteiger partial charge in [0.2, 0.25) is 0 Å². The molecule has 8 rings (SSSR count). The van der Waals surface area contributed by atoms with Crippen molar-refractivity contribution in [3.05, 3.63) is 118 Å². The summed E-state index contributed by atoms with van der Waals surface area (Å²) in [4.78, 5) is 35.9. The fraction of sp³-hybridized carbons (Fsp3) is 0.333. The Labute approximate surface area is 394 Å². The van der Waals surface area contributed by atoms with Gasteiger partial charge in [0.05, 0.1) is 26.3 Å². The Bertz CT molecular complexity index is 2810. The third kappa shape index (κ3) is 8.11. The number of aliphatic imine (C=N–C) groups is 2. The highest BCUT2D eigenvalue weighted by atomic mass is 16.5. The number of aromatic hydroxyl groups is 6. The number of benzene rings is 4. The lowest BCUT2D eigenvalue weighted by Crippen LogP contribution is -2.27. The molecule has 4 aromatic rings. The predicted octanol–water partition coefficient (Wildman–Crippen LogP) is 8.65. The molecule has 0 saturated heterocycles. The summed E-state index contributed by atoms with van der Waals surface area (Å²) in [6.07, 6.45) is 22.5. The number of aryl methyl sites for hydroxylation is 2. The number of nitrogens with one attached hydrogen (secondary N) is 2. The van der Waals surface area contributed by atoms with Crippen LogP contribution in [0.1, 0.15) is 85.8 Å². The number of phenolic OH excluding ortho intramolecular Hbond substituents is 6. The number of phenols is 6. The fourth-order valence-electron chi connectivity index (χ4n) is 10.3. The fourth-order valence-corrected chi connectivity index (χ4v) is 10.3. The maximum atomic E-state index is 13.3. The van der Waals surface area contributed by atoms with Crippen LogP contribution < -0.4 is 10.6 Å². The zero-order valence-corrected chi connectivity index (χ0v) is 39.3. The van der Waals surface area contributed by atoms with E-state index in [2.05, 4.69) is 20.6 Å². The molecule has 0 aromatic heterocycles. The summed E-state index contributed by atoms with van der Waals surface area (Å²) in [7, 11) is 2.53. The van der Waals surface area contributed by atoms with E-state index in [-0.39, 0.29) is 93.1 Å². The van der Waals surface area contributed by atoms with E-state index in [9.17, 15) is 40.2 Å². The molecule has 4 aromatic carbocycles. The number of carbonyl (C=O) groups is 2. The molecule has 6 atom stereocenters. The van der Waals surface area contributed by atoms with Gasteiger partial charge in [-0.15, -0.1) is 0 Å². The normalized spacial score (nSPS) is 20.3. The SMILES string of the molecule is COC(=O)[C@H](CC1=CNC2C=CC=CC12)N=Cc1c(O)c(O)c(C(C)C)c2cc(C)c(-c3c(C)cc4c(C(C)C)c(O)c(O)c(C=N[C@@H](CC5=CNC6C=CC=CC56)C(=O)OC)c4c3O)c(O)c12. The van der Waals surface area contributed by atoms with Gasteiger partial charge in [-0.3, -0.25) is 9.98 Å². The molecule has 0 amide bonds. The molecule has 0 saturated carbocycles. The first kappa shape index (κ1) is 47.0. The molecule has 4 unspecified atom stereocenters. The molecule has 14 nitrogen and oxygen atoms in total. The minimum atomic E-state index is -1.06. The lowest BCUT2D eigenvalue weighted by Gasteiger charge is -2.24. The molecule has 14 heteroatoms. The van der Waals surface area contributed by atoms with Crippen LogP contribution in [0.3, 0.4) is 0 Å². The Morgan fingerprint density at radius 1 is 0.588 bits per heavy atom. The summed E-state index contributed by atoms with van der Waals surface area (Å²) in [5, 5.41) is 79.8. The lowest BCUT2D eigenvalue weighted by atomic mass is 9.83. The average Bonchev–Trinajstić information content (AvgIpc) is 3.92. The molecule has 0 fully saturated rings. The first-order valence-electron chi connectivity index (χ1n) is 22.8. The molecule has 2 aliphatic carbocycles. The highest BCUT2D eigenvalue weighted by Gasteiger charge is 2.34. The number of fused-ring (bicyclic) bond motifs is 4. The number of hydrogen-bond donors (Lipinski definition) is 8. The zero-order chi connectivity index (χ0) is 48.9. The number of allylic oxidation sites excluding steroid dienone is 4. The summed E-state index contributed by atoms with van der Waals surface area (Å²) in [5.41, 5.74) is 3.68. The predicted molar refractivity (Wildman–Crippen MR) is 264 cm³/mol. The van der Waals surface area contributed by atoms with E-state index in [1.807, 2.05) is 88.7 Å². The Morgan fingerprint density at radius 2 is 0.956 bits per heavy atom. The summed E-state index contributed by atoms with van der Waals surface area (Å²) >= 11 is 0. The van der Waals surface area contributed by atoms with Gasteiger partial charge in [-0.25, -0.2) is 9.59 Å². The number of nitrogens with zero attached hydrogens (tertiary/aromatic N) is 2. The van der Waals surface area contributed by atoms with Gasteiger partial charge in [-0.05, 0) is 71.1 Å². The Morgan fingerprint density at radius 3 is 1.31 bits per heavy atom. The summed E-state index contributed by atoms with van der Waals surface area (Å²) in [6.45, 7) is 10.8. The first-order valence-corrected chi connectivity index (χ1v) is 22.8. The number of carbonyl (C=O) groups excluding carboxylic acids is 2. The van der Waals surface area contributed by atoms with Crippen molar-refractivity contribution in [2.45, 2.75) is 90.4 Å². The molecule has 0 spiro atoms. The van der Waals surface area contributed by atoms with Gasteiger partial charge >= 0.3 is 11.9 Å². The number of rotatable bonds is 13. The van der Waals surface area contributed by atoms with E-state index in [1.165, 1.54) is 26.6 Å². The average molecular weight is 923 g/mol. The highest BCUT2D eigenvalue weighted by Crippen LogP contribution is 2.54. The molecule has 8 N–H and O–H groups in total. The second-order valence-electron chi connectivity index (χ2n) is 18.5. The van der Waals surface area contributed by atoms with Crippen molar-refractivity contribution < 1.29 is 49.7 Å². The molecule has 68 heavy (non-hydrogen) atoms. The molecule has 2 heterocycles. The Balaban J connectivity index is 1.31. The van der Waals surface area contributed by atoms with Crippen LogP contribution in [0.15, 0.2) is 94.3 Å².